The fourth-order valence-corrected chi connectivity index (χ4v) is 2.66. The van der Waals surface area contributed by atoms with E-state index in [2.05, 4.69) is 16.3 Å². The summed E-state index contributed by atoms with van der Waals surface area (Å²) < 4.78 is 2.11. The van der Waals surface area contributed by atoms with Gasteiger partial charge in [0.05, 0.1) is 17.9 Å². The number of nitrogens with zero attached hydrogens (tertiary/aromatic N) is 3. The van der Waals surface area contributed by atoms with Crippen molar-refractivity contribution in [2.75, 3.05) is 6.54 Å². The second-order valence-corrected chi connectivity index (χ2v) is 5.10. The van der Waals surface area contributed by atoms with Crippen LogP contribution in [-0.2, 0) is 17.8 Å². The fraction of sp³-hybridized carbons (Fsp3) is 0.467. The van der Waals surface area contributed by atoms with E-state index in [1.165, 1.54) is 5.69 Å². The Kier molecular flexibility index (Phi) is 3.23. The van der Waals surface area contributed by atoms with Gasteiger partial charge in [-0.15, -0.1) is 0 Å². The van der Waals surface area contributed by atoms with Crippen LogP contribution in [0.2, 0.25) is 0 Å². The van der Waals surface area contributed by atoms with Crippen molar-refractivity contribution in [3.05, 3.63) is 35.8 Å². The third-order valence-corrected chi connectivity index (χ3v) is 3.77. The molecular weight excluding hydrogens is 238 g/mol. The molecule has 0 atom stereocenters. The predicted octanol–water partition coefficient (Wildman–Crippen LogP) is 2.41. The second-order valence-electron chi connectivity index (χ2n) is 5.10. The zero-order valence-electron chi connectivity index (χ0n) is 11.3. The molecule has 0 saturated heterocycles. The molecular formula is C15H19N3O. The molecule has 0 aromatic carbocycles. The highest BCUT2D eigenvalue weighted by molar-refractivity contribution is 5.76. The molecule has 0 spiro atoms. The summed E-state index contributed by atoms with van der Waals surface area (Å²) in [7, 11) is 0. The molecule has 3 heterocycles. The van der Waals surface area contributed by atoms with Gasteiger partial charge in [-0.3, -0.25) is 4.79 Å². The van der Waals surface area contributed by atoms with Gasteiger partial charge in [-0.2, -0.15) is 0 Å². The van der Waals surface area contributed by atoms with Crippen LogP contribution < -0.4 is 0 Å². The molecule has 1 aliphatic heterocycles. The molecule has 2 aromatic heterocycles. The maximum absolute atomic E-state index is 12.1. The summed E-state index contributed by atoms with van der Waals surface area (Å²) in [5.41, 5.74) is 3.30. The normalized spacial score (nSPS) is 14.7. The molecule has 19 heavy (non-hydrogen) atoms. The van der Waals surface area contributed by atoms with Crippen LogP contribution in [-0.4, -0.2) is 26.7 Å². The van der Waals surface area contributed by atoms with Crippen molar-refractivity contribution < 1.29 is 4.79 Å². The summed E-state index contributed by atoms with van der Waals surface area (Å²) in [6, 6.07) is 6.02. The Bertz CT molecular complexity index is 602. The van der Waals surface area contributed by atoms with Crippen molar-refractivity contribution in [3.8, 4) is 0 Å². The first kappa shape index (κ1) is 12.2. The Hall–Kier alpha value is -1.84. The molecule has 4 nitrogen and oxygen atoms in total. The van der Waals surface area contributed by atoms with E-state index in [0.29, 0.717) is 13.0 Å². The molecule has 2 aromatic rings. The zero-order chi connectivity index (χ0) is 13.2. The number of fused-ring (bicyclic) bond motifs is 3. The summed E-state index contributed by atoms with van der Waals surface area (Å²) in [6.45, 7) is 3.62. The largest absolute Gasteiger partial charge is 0.336 e. The van der Waals surface area contributed by atoms with Crippen molar-refractivity contribution in [2.45, 2.75) is 39.2 Å². The number of pyridine rings is 1. The summed E-state index contributed by atoms with van der Waals surface area (Å²) >= 11 is 0. The van der Waals surface area contributed by atoms with Crippen molar-refractivity contribution >= 4 is 11.6 Å². The van der Waals surface area contributed by atoms with Gasteiger partial charge < -0.3 is 9.30 Å². The predicted molar refractivity (Wildman–Crippen MR) is 73.8 cm³/mol. The number of hydrogen-bond acceptors (Lipinski definition) is 2. The Morgan fingerprint density at radius 3 is 3.16 bits per heavy atom. The molecule has 0 fully saturated rings. The van der Waals surface area contributed by atoms with Gasteiger partial charge in [0.2, 0.25) is 5.91 Å². The van der Waals surface area contributed by atoms with E-state index in [1.54, 1.807) is 0 Å². The minimum Gasteiger partial charge on any atom is -0.336 e. The minimum absolute atomic E-state index is 0.276. The average molecular weight is 257 g/mol. The van der Waals surface area contributed by atoms with Crippen molar-refractivity contribution in [1.82, 2.24) is 14.3 Å². The summed E-state index contributed by atoms with van der Waals surface area (Å²) in [6.07, 6.45) is 5.62. The van der Waals surface area contributed by atoms with Crippen LogP contribution in [0.1, 0.15) is 37.6 Å². The quantitative estimate of drug-likeness (QED) is 0.846. The second kappa shape index (κ2) is 5.03. The smallest absolute Gasteiger partial charge is 0.222 e. The van der Waals surface area contributed by atoms with Crippen molar-refractivity contribution in [3.63, 3.8) is 0 Å². The molecule has 0 saturated carbocycles. The zero-order valence-corrected chi connectivity index (χ0v) is 11.3. The van der Waals surface area contributed by atoms with Crippen molar-refractivity contribution in [1.29, 1.82) is 0 Å². The number of carbonyl (C=O) groups is 1. The number of hydrogen-bond donors (Lipinski definition) is 0. The maximum atomic E-state index is 12.1. The molecule has 0 bridgehead atoms. The number of aromatic nitrogens is 2. The Labute approximate surface area is 113 Å². The lowest BCUT2D eigenvalue weighted by molar-refractivity contribution is -0.132. The number of carbonyl (C=O) groups excluding carboxylic acids is 1. The highest BCUT2D eigenvalue weighted by Crippen LogP contribution is 2.21. The van der Waals surface area contributed by atoms with E-state index in [9.17, 15) is 4.79 Å². The van der Waals surface area contributed by atoms with Gasteiger partial charge in [0.1, 0.15) is 5.65 Å². The lowest BCUT2D eigenvalue weighted by Crippen LogP contribution is -2.36. The number of imidazole rings is 1. The number of rotatable bonds is 3. The van der Waals surface area contributed by atoms with E-state index in [0.717, 1.165) is 37.1 Å². The lowest BCUT2D eigenvalue weighted by Gasteiger charge is -2.26. The van der Waals surface area contributed by atoms with Gasteiger partial charge in [0.15, 0.2) is 0 Å². The van der Waals surface area contributed by atoms with Crippen molar-refractivity contribution in [2.24, 2.45) is 0 Å². The highest BCUT2D eigenvalue weighted by atomic mass is 16.2. The maximum Gasteiger partial charge on any atom is 0.222 e. The van der Waals surface area contributed by atoms with Gasteiger partial charge in [0.25, 0.3) is 0 Å². The van der Waals surface area contributed by atoms with E-state index in [-0.39, 0.29) is 5.91 Å². The van der Waals surface area contributed by atoms with E-state index in [1.807, 2.05) is 29.3 Å². The van der Waals surface area contributed by atoms with Gasteiger partial charge >= 0.3 is 0 Å². The van der Waals surface area contributed by atoms with Crippen LogP contribution in [0.5, 0.6) is 0 Å². The van der Waals surface area contributed by atoms with E-state index >= 15 is 0 Å². The number of amides is 1. The molecule has 1 amide bonds. The van der Waals surface area contributed by atoms with Crippen LogP contribution in [0.3, 0.4) is 0 Å². The van der Waals surface area contributed by atoms with Crippen LogP contribution in [0.4, 0.5) is 0 Å². The molecule has 1 aliphatic rings. The topological polar surface area (TPSA) is 37.6 Å². The molecule has 0 unspecified atom stereocenters. The van der Waals surface area contributed by atoms with Gasteiger partial charge in [-0.25, -0.2) is 4.98 Å². The molecule has 0 aliphatic carbocycles. The van der Waals surface area contributed by atoms with Gasteiger partial charge in [-0.05, 0) is 18.6 Å². The summed E-state index contributed by atoms with van der Waals surface area (Å²) in [4.78, 5) is 18.7. The molecule has 3 rings (SSSR count). The molecule has 4 heteroatoms. The standard InChI is InChI=1S/C15H19N3O/c1-2-3-7-15(19)17-10-8-12-13(11-17)18-9-5-4-6-14(18)16-12/h4-6,9H,2-3,7-8,10-11H2,1H3. The monoisotopic (exact) mass is 257 g/mol. The summed E-state index contributed by atoms with van der Waals surface area (Å²) in [5, 5.41) is 0. The third-order valence-electron chi connectivity index (χ3n) is 3.77. The lowest BCUT2D eigenvalue weighted by atomic mass is 10.1. The van der Waals surface area contributed by atoms with Crippen LogP contribution >= 0.6 is 0 Å². The first-order chi connectivity index (χ1) is 9.29. The SMILES string of the molecule is CCCCC(=O)N1CCc2nc3ccccn3c2C1. The Balaban J connectivity index is 1.84. The van der Waals surface area contributed by atoms with E-state index in [4.69, 9.17) is 0 Å². The fourth-order valence-electron chi connectivity index (χ4n) is 2.66. The van der Waals surface area contributed by atoms with E-state index < -0.39 is 0 Å². The molecule has 100 valence electrons. The number of unbranched alkanes of at least 4 members (excludes halogenated alkanes) is 1. The first-order valence-electron chi connectivity index (χ1n) is 7.02. The molecule has 0 radical (unpaired) electrons. The summed E-state index contributed by atoms with van der Waals surface area (Å²) in [5.74, 6) is 0.276. The van der Waals surface area contributed by atoms with Gasteiger partial charge in [0, 0.05) is 25.6 Å². The average Bonchev–Trinajstić information content (AvgIpc) is 2.82. The third kappa shape index (κ3) is 2.23. The van der Waals surface area contributed by atoms with Gasteiger partial charge in [-0.1, -0.05) is 19.4 Å². The molecule has 0 N–H and O–H groups in total. The minimum atomic E-state index is 0.276. The highest BCUT2D eigenvalue weighted by Gasteiger charge is 2.23. The Morgan fingerprint density at radius 2 is 2.32 bits per heavy atom. The van der Waals surface area contributed by atoms with Crippen LogP contribution in [0.15, 0.2) is 24.4 Å². The van der Waals surface area contributed by atoms with Crippen LogP contribution in [0.25, 0.3) is 5.65 Å². The Morgan fingerprint density at radius 1 is 1.42 bits per heavy atom. The van der Waals surface area contributed by atoms with Crippen LogP contribution in [0, 0.1) is 0 Å². The first-order valence-corrected chi connectivity index (χ1v) is 7.02.